The molecule has 0 fully saturated rings. The highest BCUT2D eigenvalue weighted by Gasteiger charge is 2.21. The predicted octanol–water partition coefficient (Wildman–Crippen LogP) is 10.2. The van der Waals surface area contributed by atoms with Crippen LogP contribution in [-0.4, -0.2) is 70.0 Å². The molecule has 1 unspecified atom stereocenters. The van der Waals surface area contributed by atoms with Gasteiger partial charge in [-0.15, -0.1) is 0 Å². The first kappa shape index (κ1) is 48.5. The number of ether oxygens (including phenoxy) is 2. The molecular weight excluding hydrogens is 653 g/mol. The summed E-state index contributed by atoms with van der Waals surface area (Å²) in [6.45, 7) is 4.15. The quantitative estimate of drug-likeness (QED) is 0.0206. The van der Waals surface area contributed by atoms with Crippen LogP contribution >= 0.6 is 7.82 Å². The van der Waals surface area contributed by atoms with Gasteiger partial charge in [0.25, 0.3) is 7.82 Å². The number of rotatable bonds is 36. The molecule has 0 aliphatic heterocycles. The number of likely N-dealkylation sites (N-methyl/N-ethyl adjacent to an activating group) is 1. The van der Waals surface area contributed by atoms with E-state index >= 15 is 0 Å². The molecule has 0 aliphatic rings. The third-order valence-corrected chi connectivity index (χ3v) is 9.44. The van der Waals surface area contributed by atoms with Gasteiger partial charge < -0.3 is 27.9 Å². The number of unbranched alkanes of at least 4 members (excludes halogenated alkanes) is 18. The Hall–Kier alpha value is -1.51. The first-order chi connectivity index (χ1) is 24.0. The Bertz CT molecular complexity index is 918. The second kappa shape index (κ2) is 33.3. The van der Waals surface area contributed by atoms with Gasteiger partial charge in [-0.05, 0) is 38.5 Å². The van der Waals surface area contributed by atoms with Gasteiger partial charge in [-0.3, -0.25) is 14.2 Å². The van der Waals surface area contributed by atoms with E-state index in [0.717, 1.165) is 38.5 Å². The predicted molar refractivity (Wildman–Crippen MR) is 204 cm³/mol. The fraction of sp³-hybridized carbons (Fsp3) is 0.850. The van der Waals surface area contributed by atoms with Crippen molar-refractivity contribution in [1.82, 2.24) is 0 Å². The second-order valence-electron chi connectivity index (χ2n) is 14.7. The van der Waals surface area contributed by atoms with E-state index in [4.69, 9.17) is 18.5 Å². The van der Waals surface area contributed by atoms with E-state index in [2.05, 4.69) is 38.2 Å². The fourth-order valence-electron chi connectivity index (χ4n) is 5.28. The Labute approximate surface area is 307 Å². The van der Waals surface area contributed by atoms with Crippen molar-refractivity contribution in [3.05, 3.63) is 24.3 Å². The maximum absolute atomic E-state index is 12.5. The molecule has 0 aromatic heterocycles. The summed E-state index contributed by atoms with van der Waals surface area (Å²) in [6.07, 6.45) is 33.7. The van der Waals surface area contributed by atoms with Gasteiger partial charge in [0, 0.05) is 12.8 Å². The van der Waals surface area contributed by atoms with Gasteiger partial charge in [-0.1, -0.05) is 141 Å². The molecule has 2 atom stereocenters. The molecular formula is C40H76NO8P. The molecule has 294 valence electrons. The van der Waals surface area contributed by atoms with Crippen LogP contribution < -0.4 is 4.89 Å². The molecule has 0 saturated heterocycles. The molecule has 0 radical (unpaired) electrons. The highest BCUT2D eigenvalue weighted by atomic mass is 31.2. The molecule has 0 amide bonds. The number of phosphoric acid groups is 1. The zero-order valence-corrected chi connectivity index (χ0v) is 33.7. The first-order valence-electron chi connectivity index (χ1n) is 20.0. The minimum atomic E-state index is -4.62. The molecule has 10 heteroatoms. The van der Waals surface area contributed by atoms with Crippen molar-refractivity contribution in [2.75, 3.05) is 47.5 Å². The monoisotopic (exact) mass is 730 g/mol. The molecule has 0 heterocycles. The number of esters is 2. The average Bonchev–Trinajstić information content (AvgIpc) is 3.06. The average molecular weight is 730 g/mol. The normalized spacial score (nSPS) is 14.0. The molecule has 9 nitrogen and oxygen atoms in total. The van der Waals surface area contributed by atoms with Crippen LogP contribution in [-0.2, 0) is 32.7 Å². The summed E-state index contributed by atoms with van der Waals surface area (Å²) < 4.78 is 33.7. The molecule has 0 spiro atoms. The molecule has 0 rings (SSSR count). The van der Waals surface area contributed by atoms with Crippen LogP contribution in [0.1, 0.15) is 168 Å². The minimum absolute atomic E-state index is 0.0353. The van der Waals surface area contributed by atoms with E-state index in [-0.39, 0.29) is 26.1 Å². The zero-order valence-electron chi connectivity index (χ0n) is 32.8. The Balaban J connectivity index is 4.41. The summed E-state index contributed by atoms with van der Waals surface area (Å²) in [6, 6.07) is 0. The maximum atomic E-state index is 12.5. The summed E-state index contributed by atoms with van der Waals surface area (Å²) in [5, 5.41) is 0. The van der Waals surface area contributed by atoms with Gasteiger partial charge in [0.15, 0.2) is 6.10 Å². The fourth-order valence-corrected chi connectivity index (χ4v) is 6.01. The molecule has 0 saturated carbocycles. The van der Waals surface area contributed by atoms with Crippen LogP contribution in [0.25, 0.3) is 0 Å². The molecule has 0 aliphatic carbocycles. The number of carbonyl (C=O) groups is 2. The number of quaternary nitrogens is 1. The number of carbonyl (C=O) groups excluding carboxylic acids is 2. The van der Waals surface area contributed by atoms with Gasteiger partial charge in [0.1, 0.15) is 19.8 Å². The number of hydrogen-bond donors (Lipinski definition) is 0. The third-order valence-electron chi connectivity index (χ3n) is 8.47. The summed E-state index contributed by atoms with van der Waals surface area (Å²) >= 11 is 0. The Morgan fingerprint density at radius 2 is 1.10 bits per heavy atom. The molecule has 50 heavy (non-hydrogen) atoms. The van der Waals surface area contributed by atoms with Gasteiger partial charge >= 0.3 is 11.9 Å². The summed E-state index contributed by atoms with van der Waals surface area (Å²) in [7, 11) is 1.15. The summed E-state index contributed by atoms with van der Waals surface area (Å²) in [5.74, 6) is -0.889. The molecule has 0 N–H and O–H groups in total. The van der Waals surface area contributed by atoms with Crippen LogP contribution in [0, 0.1) is 0 Å². The van der Waals surface area contributed by atoms with Gasteiger partial charge in [0.05, 0.1) is 27.7 Å². The highest BCUT2D eigenvalue weighted by molar-refractivity contribution is 7.45. The SMILES string of the molecule is CCCCCCCCCCC/C=C/C/C=C/CCCC(=O)OC[C@@H](COP(=O)([O-])OCC[N+](C)(C)C)OC(=O)CCCCCCCCCCC. The summed E-state index contributed by atoms with van der Waals surface area (Å²) in [5.41, 5.74) is 0. The lowest BCUT2D eigenvalue weighted by Crippen LogP contribution is -2.37. The topological polar surface area (TPSA) is 111 Å². The van der Waals surface area contributed by atoms with Crippen molar-refractivity contribution in [3.8, 4) is 0 Å². The number of allylic oxidation sites excluding steroid dienone is 4. The Kier molecular flexibility index (Phi) is 32.3. The molecule has 0 aromatic rings. The Morgan fingerprint density at radius 3 is 1.64 bits per heavy atom. The molecule has 0 aromatic carbocycles. The number of nitrogens with zero attached hydrogens (tertiary/aromatic N) is 1. The first-order valence-corrected chi connectivity index (χ1v) is 21.5. The minimum Gasteiger partial charge on any atom is -0.756 e. The van der Waals surface area contributed by atoms with Crippen molar-refractivity contribution in [1.29, 1.82) is 0 Å². The largest absolute Gasteiger partial charge is 0.756 e. The molecule has 0 bridgehead atoms. The lowest BCUT2D eigenvalue weighted by Gasteiger charge is -2.28. The standard InChI is InChI=1S/C40H76NO8P/c1-6-8-10-12-14-16-17-18-19-20-21-22-23-25-26-28-30-32-39(42)46-36-38(37-48-50(44,45)47-35-34-41(3,4)5)49-40(43)33-31-29-27-24-15-13-11-9-7-2/h21-22,25-26,38H,6-20,23-24,27-37H2,1-5H3/b22-21+,26-25+/t38-/m0/s1. The third kappa shape index (κ3) is 36.3. The smallest absolute Gasteiger partial charge is 0.306 e. The summed E-state index contributed by atoms with van der Waals surface area (Å²) in [4.78, 5) is 37.3. The van der Waals surface area contributed by atoms with E-state index in [9.17, 15) is 19.0 Å². The maximum Gasteiger partial charge on any atom is 0.306 e. The van der Waals surface area contributed by atoms with Crippen molar-refractivity contribution < 1.29 is 42.1 Å². The van der Waals surface area contributed by atoms with E-state index in [0.29, 0.717) is 23.9 Å². The highest BCUT2D eigenvalue weighted by Crippen LogP contribution is 2.38. The van der Waals surface area contributed by atoms with Gasteiger partial charge in [0.2, 0.25) is 0 Å². The van der Waals surface area contributed by atoms with E-state index < -0.39 is 32.5 Å². The lowest BCUT2D eigenvalue weighted by atomic mass is 10.1. The number of phosphoric ester groups is 1. The lowest BCUT2D eigenvalue weighted by molar-refractivity contribution is -0.870. The van der Waals surface area contributed by atoms with E-state index in [1.54, 1.807) is 0 Å². The van der Waals surface area contributed by atoms with Crippen molar-refractivity contribution in [3.63, 3.8) is 0 Å². The number of hydrogen-bond acceptors (Lipinski definition) is 8. The van der Waals surface area contributed by atoms with Crippen molar-refractivity contribution in [2.24, 2.45) is 0 Å². The second-order valence-corrected chi connectivity index (χ2v) is 16.1. The van der Waals surface area contributed by atoms with Crippen molar-refractivity contribution >= 4 is 19.8 Å². The van der Waals surface area contributed by atoms with Crippen LogP contribution in [0.2, 0.25) is 0 Å². The van der Waals surface area contributed by atoms with Crippen LogP contribution in [0.4, 0.5) is 0 Å². The van der Waals surface area contributed by atoms with Crippen LogP contribution in [0.5, 0.6) is 0 Å². The Morgan fingerprint density at radius 1 is 0.620 bits per heavy atom. The van der Waals surface area contributed by atoms with Crippen LogP contribution in [0.15, 0.2) is 24.3 Å². The van der Waals surface area contributed by atoms with Gasteiger partial charge in [-0.25, -0.2) is 0 Å². The zero-order chi connectivity index (χ0) is 37.2. The van der Waals surface area contributed by atoms with Gasteiger partial charge in [-0.2, -0.15) is 0 Å². The van der Waals surface area contributed by atoms with Crippen LogP contribution in [0.3, 0.4) is 0 Å². The van der Waals surface area contributed by atoms with Crippen molar-refractivity contribution in [2.45, 2.75) is 174 Å². The van der Waals surface area contributed by atoms with E-state index in [1.807, 2.05) is 21.1 Å². The van der Waals surface area contributed by atoms with E-state index in [1.165, 1.54) is 89.9 Å².